The molecule has 1 aliphatic rings. The largest absolute Gasteiger partial charge is 0.471 e. The van der Waals surface area contributed by atoms with Gasteiger partial charge in [-0.25, -0.2) is 0 Å². The number of hydrogen-bond donors (Lipinski definition) is 1. The summed E-state index contributed by atoms with van der Waals surface area (Å²) >= 11 is 1.18. The normalized spacial score (nSPS) is 16.0. The van der Waals surface area contributed by atoms with Crippen molar-refractivity contribution in [2.24, 2.45) is 0 Å². The Kier molecular flexibility index (Phi) is 7.41. The molecule has 3 rings (SSSR count). The molecule has 31 heavy (non-hydrogen) atoms. The lowest BCUT2D eigenvalue weighted by Crippen LogP contribution is -2.50. The smallest absolute Gasteiger partial charge is 0.351 e. The summed E-state index contributed by atoms with van der Waals surface area (Å²) in [4.78, 5) is 27.0. The number of carbonyl (C=O) groups excluding carboxylic acids is 2. The van der Waals surface area contributed by atoms with E-state index in [1.165, 1.54) is 23.5 Å². The van der Waals surface area contributed by atoms with Gasteiger partial charge in [0.25, 0.3) is 0 Å². The maximum absolute atomic E-state index is 13.6. The zero-order valence-electron chi connectivity index (χ0n) is 17.7. The van der Waals surface area contributed by atoms with E-state index in [-0.39, 0.29) is 11.7 Å². The van der Waals surface area contributed by atoms with Gasteiger partial charge < -0.3 is 5.32 Å². The van der Waals surface area contributed by atoms with Crippen molar-refractivity contribution in [2.75, 3.05) is 4.90 Å². The third kappa shape index (κ3) is 5.47. The van der Waals surface area contributed by atoms with Crippen molar-refractivity contribution in [2.45, 2.75) is 70.6 Å². The maximum Gasteiger partial charge on any atom is 0.471 e. The highest BCUT2D eigenvalue weighted by Gasteiger charge is 2.48. The molecule has 2 aromatic rings. The van der Waals surface area contributed by atoms with Crippen LogP contribution in [0.25, 0.3) is 0 Å². The first-order valence-corrected chi connectivity index (χ1v) is 11.4. The first-order chi connectivity index (χ1) is 14.7. The van der Waals surface area contributed by atoms with Crippen LogP contribution in [-0.4, -0.2) is 24.0 Å². The molecule has 0 radical (unpaired) electrons. The van der Waals surface area contributed by atoms with E-state index < -0.39 is 24.0 Å². The van der Waals surface area contributed by atoms with Crippen molar-refractivity contribution in [3.63, 3.8) is 0 Å². The lowest BCUT2D eigenvalue weighted by Gasteiger charge is -2.33. The van der Waals surface area contributed by atoms with Crippen molar-refractivity contribution < 1.29 is 22.8 Å². The number of thiophene rings is 1. The number of alkyl halides is 3. The summed E-state index contributed by atoms with van der Waals surface area (Å²) in [5, 5.41) is 4.64. The molecule has 1 aliphatic carbocycles. The van der Waals surface area contributed by atoms with Crippen LogP contribution in [0.4, 0.5) is 18.9 Å². The molecule has 168 valence electrons. The molecule has 1 fully saturated rings. The number of benzene rings is 1. The molecule has 0 spiro atoms. The Bertz CT molecular complexity index is 902. The van der Waals surface area contributed by atoms with Crippen LogP contribution in [0.5, 0.6) is 0 Å². The molecule has 1 heterocycles. The van der Waals surface area contributed by atoms with E-state index in [1.807, 2.05) is 6.92 Å². The van der Waals surface area contributed by atoms with Crippen LogP contribution in [0.1, 0.15) is 61.1 Å². The minimum absolute atomic E-state index is 0.0520. The van der Waals surface area contributed by atoms with Crippen molar-refractivity contribution in [3.8, 4) is 0 Å². The zero-order chi connectivity index (χ0) is 22.6. The van der Waals surface area contributed by atoms with E-state index in [4.69, 9.17) is 0 Å². The first-order valence-electron chi connectivity index (χ1n) is 10.6. The van der Waals surface area contributed by atoms with Gasteiger partial charge in [0.15, 0.2) is 6.04 Å². The van der Waals surface area contributed by atoms with Gasteiger partial charge in [0, 0.05) is 16.6 Å². The monoisotopic (exact) mass is 452 g/mol. The average molecular weight is 453 g/mol. The molecular weight excluding hydrogens is 425 g/mol. The Labute approximate surface area is 184 Å². The number of carbonyl (C=O) groups is 2. The highest BCUT2D eigenvalue weighted by molar-refractivity contribution is 7.10. The Morgan fingerprint density at radius 1 is 1.13 bits per heavy atom. The molecule has 1 N–H and O–H groups in total. The van der Waals surface area contributed by atoms with Crippen LogP contribution >= 0.6 is 11.3 Å². The number of nitrogens with one attached hydrogen (secondary N) is 1. The molecule has 4 nitrogen and oxygen atoms in total. The van der Waals surface area contributed by atoms with E-state index in [0.29, 0.717) is 21.8 Å². The van der Waals surface area contributed by atoms with Crippen LogP contribution in [-0.2, 0) is 16.0 Å². The number of amides is 2. The minimum Gasteiger partial charge on any atom is -0.351 e. The van der Waals surface area contributed by atoms with Gasteiger partial charge in [0.2, 0.25) is 5.91 Å². The quantitative estimate of drug-likeness (QED) is 0.611. The van der Waals surface area contributed by atoms with Gasteiger partial charge in [0.1, 0.15) is 0 Å². The van der Waals surface area contributed by atoms with E-state index in [9.17, 15) is 22.8 Å². The Morgan fingerprint density at radius 2 is 1.77 bits per heavy atom. The second-order valence-electron chi connectivity index (χ2n) is 7.91. The number of aryl methyl sites for hydroxylation is 2. The molecule has 0 saturated heterocycles. The lowest BCUT2D eigenvalue weighted by molar-refractivity contribution is -0.171. The molecule has 1 aromatic carbocycles. The van der Waals surface area contributed by atoms with Gasteiger partial charge in [-0.05, 0) is 60.9 Å². The zero-order valence-corrected chi connectivity index (χ0v) is 18.5. The second kappa shape index (κ2) is 9.85. The summed E-state index contributed by atoms with van der Waals surface area (Å²) in [7, 11) is 0. The van der Waals surface area contributed by atoms with Gasteiger partial charge in [-0.3, -0.25) is 14.5 Å². The second-order valence-corrected chi connectivity index (χ2v) is 8.85. The first kappa shape index (κ1) is 23.3. The number of halogens is 3. The van der Waals surface area contributed by atoms with Crippen LogP contribution in [0.2, 0.25) is 0 Å². The Hall–Kier alpha value is -2.35. The molecular formula is C23H27F3N2O2S. The molecule has 8 heteroatoms. The van der Waals surface area contributed by atoms with Crippen molar-refractivity contribution in [3.05, 3.63) is 51.7 Å². The van der Waals surface area contributed by atoms with Crippen molar-refractivity contribution in [1.82, 2.24) is 5.32 Å². The fraction of sp³-hybridized carbons (Fsp3) is 0.478. The number of anilines is 1. The standard InChI is InChI=1S/C23H27F3N2O2S/c1-3-16-9-11-18(12-10-16)28(22(30)23(24,25)26)19(20-15(2)13-14-31-20)21(29)27-17-7-5-4-6-8-17/h9-14,17,19H,3-8H2,1-2H3,(H,27,29)/t19-/m1/s1. The number of rotatable bonds is 6. The lowest BCUT2D eigenvalue weighted by atomic mass is 9.95. The predicted octanol–water partition coefficient (Wildman–Crippen LogP) is 5.70. The minimum atomic E-state index is -5.11. The molecule has 0 bridgehead atoms. The number of nitrogens with zero attached hydrogens (tertiary/aromatic N) is 1. The SMILES string of the molecule is CCc1ccc(N(C(=O)C(F)(F)F)[C@@H](C(=O)NC2CCCCC2)c2sccc2C)cc1. The molecule has 1 atom stereocenters. The summed E-state index contributed by atoms with van der Waals surface area (Å²) in [6.07, 6.45) is 0.207. The predicted molar refractivity (Wildman–Crippen MR) is 116 cm³/mol. The molecule has 0 aliphatic heterocycles. The van der Waals surface area contributed by atoms with Crippen molar-refractivity contribution in [1.29, 1.82) is 0 Å². The third-order valence-corrected chi connectivity index (χ3v) is 6.76. The molecule has 0 unspecified atom stereocenters. The molecule has 1 aromatic heterocycles. The average Bonchev–Trinajstić information content (AvgIpc) is 3.17. The maximum atomic E-state index is 13.6. The summed E-state index contributed by atoms with van der Waals surface area (Å²) in [5.74, 6) is -2.62. The summed E-state index contributed by atoms with van der Waals surface area (Å²) in [6.45, 7) is 3.67. The van der Waals surface area contributed by atoms with E-state index in [0.717, 1.165) is 37.7 Å². The topological polar surface area (TPSA) is 49.4 Å². The van der Waals surface area contributed by atoms with Gasteiger partial charge in [-0.2, -0.15) is 13.2 Å². The van der Waals surface area contributed by atoms with Crippen LogP contribution in [0.3, 0.4) is 0 Å². The van der Waals surface area contributed by atoms with E-state index in [1.54, 1.807) is 30.5 Å². The van der Waals surface area contributed by atoms with Gasteiger partial charge in [-0.15, -0.1) is 11.3 Å². The summed E-state index contributed by atoms with van der Waals surface area (Å²) < 4.78 is 40.9. The summed E-state index contributed by atoms with van der Waals surface area (Å²) in [6, 6.07) is 6.60. The highest BCUT2D eigenvalue weighted by atomic mass is 32.1. The van der Waals surface area contributed by atoms with E-state index >= 15 is 0 Å². The Morgan fingerprint density at radius 3 is 2.29 bits per heavy atom. The van der Waals surface area contributed by atoms with Crippen LogP contribution < -0.4 is 10.2 Å². The van der Waals surface area contributed by atoms with Crippen LogP contribution in [0, 0.1) is 6.92 Å². The van der Waals surface area contributed by atoms with Gasteiger partial charge in [-0.1, -0.05) is 38.3 Å². The van der Waals surface area contributed by atoms with E-state index in [2.05, 4.69) is 5.32 Å². The molecule has 2 amide bonds. The Balaban J connectivity index is 2.06. The summed E-state index contributed by atoms with van der Waals surface area (Å²) in [5.41, 5.74) is 1.66. The fourth-order valence-electron chi connectivity index (χ4n) is 3.96. The van der Waals surface area contributed by atoms with Gasteiger partial charge >= 0.3 is 12.1 Å². The third-order valence-electron chi connectivity index (χ3n) is 5.69. The fourth-order valence-corrected chi connectivity index (χ4v) is 4.97. The van der Waals surface area contributed by atoms with Gasteiger partial charge in [0.05, 0.1) is 0 Å². The number of hydrogen-bond acceptors (Lipinski definition) is 3. The van der Waals surface area contributed by atoms with Crippen LogP contribution in [0.15, 0.2) is 35.7 Å². The molecule has 1 saturated carbocycles. The van der Waals surface area contributed by atoms with Crippen molar-refractivity contribution >= 4 is 28.8 Å². The highest BCUT2D eigenvalue weighted by Crippen LogP contribution is 2.36.